The number of carbonyl (C=O) groups excluding carboxylic acids is 2. The van der Waals surface area contributed by atoms with Gasteiger partial charge in [-0.25, -0.2) is 9.59 Å². The van der Waals surface area contributed by atoms with Crippen LogP contribution in [0.15, 0.2) is 12.7 Å². The first kappa shape index (κ1) is 9.88. The summed E-state index contributed by atoms with van der Waals surface area (Å²) in [6, 6.07) is -0.584. The molecule has 0 aromatic rings. The lowest BCUT2D eigenvalue weighted by Gasteiger charge is -2.06. The van der Waals surface area contributed by atoms with E-state index in [4.69, 9.17) is 5.11 Å². The summed E-state index contributed by atoms with van der Waals surface area (Å²) in [6.45, 7) is 3.51. The number of aliphatic hydroxyl groups excluding tert-OH is 1. The highest BCUT2D eigenvalue weighted by Gasteiger charge is 2.30. The number of β-amino-alcohol motifs (C(OH)–C–C–N with tert-alkyl or cyclic N) is 1. The van der Waals surface area contributed by atoms with Gasteiger partial charge in [-0.1, -0.05) is 6.58 Å². The van der Waals surface area contributed by atoms with Gasteiger partial charge < -0.3 is 15.2 Å². The second kappa shape index (κ2) is 4.15. The van der Waals surface area contributed by atoms with Gasteiger partial charge in [0.25, 0.3) is 0 Å². The third-order valence-electron chi connectivity index (χ3n) is 1.76. The molecule has 0 saturated carbocycles. The van der Waals surface area contributed by atoms with Crippen LogP contribution in [0.25, 0.3) is 0 Å². The molecule has 0 radical (unpaired) electrons. The van der Waals surface area contributed by atoms with Gasteiger partial charge in [-0.15, -0.1) is 0 Å². The van der Waals surface area contributed by atoms with Crippen LogP contribution in [0.5, 0.6) is 0 Å². The molecule has 1 fully saturated rings. The van der Waals surface area contributed by atoms with Crippen LogP contribution in [-0.4, -0.2) is 35.7 Å². The van der Waals surface area contributed by atoms with Gasteiger partial charge in [0.15, 0.2) is 0 Å². The highest BCUT2D eigenvalue weighted by Crippen LogP contribution is 2.07. The fraction of sp³-hybridized carbons (Fsp3) is 0.500. The minimum atomic E-state index is -0.770. The molecule has 1 heterocycles. The number of hydrogen-bond acceptors (Lipinski definition) is 5. The predicted molar refractivity (Wildman–Crippen MR) is 43.7 cm³/mol. The molecule has 1 aliphatic rings. The number of rotatable bonds is 2. The standard InChI is InChI=1S/C8H11NO4/c1-2-7(11)13-8(12)6-3-5(10)4-9-6/h2,5-6,9-10H,1,3-4H2/t5-,6-/m1/s1. The van der Waals surface area contributed by atoms with Crippen LogP contribution < -0.4 is 5.32 Å². The van der Waals surface area contributed by atoms with E-state index in [9.17, 15) is 9.59 Å². The molecule has 0 unspecified atom stereocenters. The summed E-state index contributed by atoms with van der Waals surface area (Å²) < 4.78 is 4.36. The van der Waals surface area contributed by atoms with E-state index in [-0.39, 0.29) is 6.42 Å². The summed E-state index contributed by atoms with van der Waals surface area (Å²) >= 11 is 0. The van der Waals surface area contributed by atoms with Crippen molar-refractivity contribution in [2.24, 2.45) is 0 Å². The largest absolute Gasteiger partial charge is 0.392 e. The summed E-state index contributed by atoms with van der Waals surface area (Å²) in [5.41, 5.74) is 0. The Hall–Kier alpha value is -1.20. The first-order valence-electron chi connectivity index (χ1n) is 3.93. The highest BCUT2D eigenvalue weighted by atomic mass is 16.6. The van der Waals surface area contributed by atoms with Crippen LogP contribution in [0, 0.1) is 0 Å². The van der Waals surface area contributed by atoms with E-state index in [0.29, 0.717) is 6.54 Å². The molecule has 0 aromatic carbocycles. The summed E-state index contributed by atoms with van der Waals surface area (Å²) in [6.07, 6.45) is 0.656. The number of esters is 2. The lowest BCUT2D eigenvalue weighted by atomic mass is 10.2. The number of ether oxygens (including phenoxy) is 1. The number of aliphatic hydroxyl groups is 1. The third-order valence-corrected chi connectivity index (χ3v) is 1.76. The van der Waals surface area contributed by atoms with Crippen LogP contribution in [0.4, 0.5) is 0 Å². The summed E-state index contributed by atoms with van der Waals surface area (Å²) in [4.78, 5) is 21.7. The molecule has 2 N–H and O–H groups in total. The van der Waals surface area contributed by atoms with Crippen LogP contribution >= 0.6 is 0 Å². The Morgan fingerprint density at radius 1 is 1.62 bits per heavy atom. The van der Waals surface area contributed by atoms with Crippen LogP contribution in [0.1, 0.15) is 6.42 Å². The molecule has 13 heavy (non-hydrogen) atoms. The third kappa shape index (κ3) is 2.64. The molecule has 72 valence electrons. The minimum absolute atomic E-state index is 0.281. The Bertz CT molecular complexity index is 238. The molecule has 5 heteroatoms. The molecule has 1 saturated heterocycles. The lowest BCUT2D eigenvalue weighted by Crippen LogP contribution is -2.33. The molecule has 0 bridgehead atoms. The van der Waals surface area contributed by atoms with Gasteiger partial charge in [0.05, 0.1) is 6.10 Å². The summed E-state index contributed by atoms with van der Waals surface area (Å²) in [5, 5.41) is 11.8. The molecule has 0 aliphatic carbocycles. The van der Waals surface area contributed by atoms with Gasteiger partial charge in [-0.2, -0.15) is 0 Å². The maximum Gasteiger partial charge on any atom is 0.337 e. The smallest absolute Gasteiger partial charge is 0.337 e. The number of hydrogen-bond donors (Lipinski definition) is 2. The van der Waals surface area contributed by atoms with Gasteiger partial charge in [0.1, 0.15) is 6.04 Å². The molecular weight excluding hydrogens is 174 g/mol. The van der Waals surface area contributed by atoms with E-state index in [2.05, 4.69) is 16.6 Å². The Kier molecular flexibility index (Phi) is 3.16. The van der Waals surface area contributed by atoms with Crippen molar-refractivity contribution >= 4 is 11.9 Å². The Labute approximate surface area is 75.4 Å². The maximum absolute atomic E-state index is 11.1. The normalized spacial score (nSPS) is 26.8. The lowest BCUT2D eigenvalue weighted by molar-refractivity contribution is -0.157. The maximum atomic E-state index is 11.1. The van der Waals surface area contributed by atoms with Crippen LogP contribution in [0.2, 0.25) is 0 Å². The van der Waals surface area contributed by atoms with Crippen molar-refractivity contribution in [3.63, 3.8) is 0 Å². The van der Waals surface area contributed by atoms with E-state index >= 15 is 0 Å². The zero-order valence-corrected chi connectivity index (χ0v) is 7.03. The van der Waals surface area contributed by atoms with Gasteiger partial charge in [0.2, 0.25) is 0 Å². The van der Waals surface area contributed by atoms with Crippen molar-refractivity contribution in [3.8, 4) is 0 Å². The monoisotopic (exact) mass is 185 g/mol. The fourth-order valence-corrected chi connectivity index (χ4v) is 1.11. The average molecular weight is 185 g/mol. The molecule has 2 atom stereocenters. The van der Waals surface area contributed by atoms with Gasteiger partial charge in [-0.05, 0) is 0 Å². The van der Waals surface area contributed by atoms with E-state index < -0.39 is 24.1 Å². The van der Waals surface area contributed by atoms with Crippen molar-refractivity contribution in [2.45, 2.75) is 18.6 Å². The van der Waals surface area contributed by atoms with Crippen LogP contribution in [-0.2, 0) is 14.3 Å². The molecule has 5 nitrogen and oxygen atoms in total. The second-order valence-corrected chi connectivity index (χ2v) is 2.79. The first-order chi connectivity index (χ1) is 6.13. The van der Waals surface area contributed by atoms with Crippen molar-refractivity contribution in [3.05, 3.63) is 12.7 Å². The molecular formula is C8H11NO4. The van der Waals surface area contributed by atoms with E-state index in [1.165, 1.54) is 0 Å². The Morgan fingerprint density at radius 2 is 2.31 bits per heavy atom. The molecule has 1 rings (SSSR count). The quantitative estimate of drug-likeness (QED) is 0.326. The SMILES string of the molecule is C=CC(=O)OC(=O)[C@H]1C[C@@H](O)CN1. The van der Waals surface area contributed by atoms with E-state index in [0.717, 1.165) is 6.08 Å². The minimum Gasteiger partial charge on any atom is -0.392 e. The van der Waals surface area contributed by atoms with Gasteiger partial charge in [-0.3, -0.25) is 0 Å². The number of nitrogens with one attached hydrogen (secondary N) is 1. The molecule has 0 spiro atoms. The van der Waals surface area contributed by atoms with Crippen molar-refractivity contribution in [1.82, 2.24) is 5.32 Å². The zero-order chi connectivity index (χ0) is 9.84. The van der Waals surface area contributed by atoms with Crippen molar-refractivity contribution in [1.29, 1.82) is 0 Å². The van der Waals surface area contributed by atoms with Crippen LogP contribution in [0.3, 0.4) is 0 Å². The molecule has 0 aromatic heterocycles. The topological polar surface area (TPSA) is 75.6 Å². The predicted octanol–water partition coefficient (Wildman–Crippen LogP) is -1.04. The highest BCUT2D eigenvalue weighted by molar-refractivity contribution is 5.93. The molecule has 1 aliphatic heterocycles. The second-order valence-electron chi connectivity index (χ2n) is 2.79. The molecule has 0 amide bonds. The first-order valence-corrected chi connectivity index (χ1v) is 3.93. The fourth-order valence-electron chi connectivity index (χ4n) is 1.11. The zero-order valence-electron chi connectivity index (χ0n) is 7.03. The summed E-state index contributed by atoms with van der Waals surface area (Å²) in [5.74, 6) is -1.44. The van der Waals surface area contributed by atoms with E-state index in [1.807, 2.05) is 0 Å². The Morgan fingerprint density at radius 3 is 2.77 bits per heavy atom. The van der Waals surface area contributed by atoms with Crippen molar-refractivity contribution < 1.29 is 19.4 Å². The number of carbonyl (C=O) groups is 2. The average Bonchev–Trinajstić information content (AvgIpc) is 2.51. The van der Waals surface area contributed by atoms with Gasteiger partial charge >= 0.3 is 11.9 Å². The Balaban J connectivity index is 2.40. The summed E-state index contributed by atoms with van der Waals surface area (Å²) in [7, 11) is 0. The van der Waals surface area contributed by atoms with Gasteiger partial charge in [0, 0.05) is 19.0 Å². The van der Waals surface area contributed by atoms with Crippen molar-refractivity contribution in [2.75, 3.05) is 6.54 Å². The van der Waals surface area contributed by atoms with E-state index in [1.54, 1.807) is 0 Å².